The van der Waals surface area contributed by atoms with Crippen molar-refractivity contribution in [2.45, 2.75) is 12.8 Å². The Kier molecular flexibility index (Phi) is 3.97. The van der Waals surface area contributed by atoms with Crippen LogP contribution in [0.2, 0.25) is 0 Å². The van der Waals surface area contributed by atoms with Crippen LogP contribution in [0.4, 0.5) is 5.69 Å². The van der Waals surface area contributed by atoms with Crippen LogP contribution in [0, 0.1) is 0 Å². The maximum Gasteiger partial charge on any atom is 0.165 e. The molecule has 0 fully saturated rings. The maximum absolute atomic E-state index is 11.9. The van der Waals surface area contributed by atoms with Crippen LogP contribution >= 0.6 is 27.3 Å². The molecule has 0 bridgehead atoms. The van der Waals surface area contributed by atoms with E-state index < -0.39 is 0 Å². The minimum Gasteiger partial charge on any atom is -0.399 e. The van der Waals surface area contributed by atoms with Gasteiger partial charge in [-0.25, -0.2) is 0 Å². The van der Waals surface area contributed by atoms with Crippen molar-refractivity contribution in [1.82, 2.24) is 0 Å². The number of ketones is 1. The molecule has 0 aliphatic rings. The smallest absolute Gasteiger partial charge is 0.165 e. The van der Waals surface area contributed by atoms with Gasteiger partial charge >= 0.3 is 0 Å². The van der Waals surface area contributed by atoms with Crippen LogP contribution in [0.15, 0.2) is 39.5 Å². The van der Waals surface area contributed by atoms with Crippen molar-refractivity contribution in [3.63, 3.8) is 0 Å². The summed E-state index contributed by atoms with van der Waals surface area (Å²) in [6.45, 7) is 0. The predicted molar refractivity (Wildman–Crippen MR) is 75.5 cm³/mol. The van der Waals surface area contributed by atoms with Gasteiger partial charge in [-0.15, -0.1) is 0 Å². The molecule has 0 spiro atoms. The van der Waals surface area contributed by atoms with Crippen LogP contribution in [0.5, 0.6) is 0 Å². The zero-order valence-electron chi connectivity index (χ0n) is 9.15. The molecule has 0 radical (unpaired) electrons. The van der Waals surface area contributed by atoms with E-state index in [1.807, 2.05) is 35.0 Å². The van der Waals surface area contributed by atoms with E-state index in [9.17, 15) is 4.79 Å². The van der Waals surface area contributed by atoms with E-state index in [1.165, 1.54) is 11.3 Å². The molecule has 0 unspecified atom stereocenters. The molecule has 1 heterocycles. The van der Waals surface area contributed by atoms with E-state index in [2.05, 4.69) is 15.9 Å². The van der Waals surface area contributed by atoms with Crippen LogP contribution in [0.25, 0.3) is 0 Å². The second-order valence-corrected chi connectivity index (χ2v) is 5.40. The lowest BCUT2D eigenvalue weighted by Gasteiger charge is -2.01. The zero-order valence-corrected chi connectivity index (χ0v) is 11.6. The van der Waals surface area contributed by atoms with Crippen LogP contribution in [-0.2, 0) is 6.42 Å². The summed E-state index contributed by atoms with van der Waals surface area (Å²) in [6.07, 6.45) is 1.28. The van der Waals surface area contributed by atoms with E-state index in [4.69, 9.17) is 5.73 Å². The van der Waals surface area contributed by atoms with Gasteiger partial charge in [0.15, 0.2) is 5.78 Å². The number of anilines is 1. The Labute approximate surface area is 113 Å². The number of nitrogen functional groups attached to an aromatic ring is 1. The highest BCUT2D eigenvalue weighted by molar-refractivity contribution is 9.10. The first-order valence-corrected chi connectivity index (χ1v) is 6.99. The molecular weight excluding hydrogens is 298 g/mol. The number of Topliss-reactive ketones (excluding diaryl/α,β-unsaturated/α-hetero) is 1. The number of halogens is 1. The van der Waals surface area contributed by atoms with Gasteiger partial charge in [0.05, 0.1) is 0 Å². The molecule has 0 aliphatic heterocycles. The molecular formula is C13H12BrNOS. The minimum atomic E-state index is 0.176. The molecule has 2 nitrogen and oxygen atoms in total. The van der Waals surface area contributed by atoms with Crippen LogP contribution < -0.4 is 5.73 Å². The Balaban J connectivity index is 1.97. The first-order chi connectivity index (χ1) is 8.16. The molecule has 1 aromatic heterocycles. The van der Waals surface area contributed by atoms with Gasteiger partial charge in [0, 0.05) is 32.9 Å². The molecule has 0 amide bonds. The number of aryl methyl sites for hydroxylation is 1. The SMILES string of the molecule is Nc1ccc(CCC(=O)c2cscc2Br)cc1. The number of nitrogens with two attached hydrogens (primary N) is 1. The van der Waals surface area contributed by atoms with Crippen molar-refractivity contribution >= 4 is 38.7 Å². The largest absolute Gasteiger partial charge is 0.399 e. The lowest BCUT2D eigenvalue weighted by Crippen LogP contribution is -2.00. The summed E-state index contributed by atoms with van der Waals surface area (Å²) in [5.41, 5.74) is 8.28. The molecule has 1 aromatic carbocycles. The Hall–Kier alpha value is -1.13. The van der Waals surface area contributed by atoms with Crippen molar-refractivity contribution in [3.8, 4) is 0 Å². The predicted octanol–water partition coefficient (Wildman–Crippen LogP) is 3.91. The molecule has 0 saturated carbocycles. The maximum atomic E-state index is 11.9. The van der Waals surface area contributed by atoms with Gasteiger partial charge in [-0.1, -0.05) is 12.1 Å². The van der Waals surface area contributed by atoms with Gasteiger partial charge in [-0.05, 0) is 40.0 Å². The molecule has 4 heteroatoms. The average Bonchev–Trinajstić information content (AvgIpc) is 2.74. The van der Waals surface area contributed by atoms with E-state index in [1.54, 1.807) is 0 Å². The number of carbonyl (C=O) groups excluding carboxylic acids is 1. The molecule has 17 heavy (non-hydrogen) atoms. The molecule has 0 atom stereocenters. The Morgan fingerprint density at radius 3 is 2.53 bits per heavy atom. The van der Waals surface area contributed by atoms with Gasteiger partial charge < -0.3 is 5.73 Å². The lowest BCUT2D eigenvalue weighted by molar-refractivity contribution is 0.0982. The molecule has 2 aromatic rings. The molecule has 2 N–H and O–H groups in total. The third kappa shape index (κ3) is 3.17. The van der Waals surface area contributed by atoms with Gasteiger partial charge in [0.25, 0.3) is 0 Å². The summed E-state index contributed by atoms with van der Waals surface area (Å²) < 4.78 is 0.893. The van der Waals surface area contributed by atoms with Gasteiger partial charge in [-0.2, -0.15) is 11.3 Å². The highest BCUT2D eigenvalue weighted by atomic mass is 79.9. The third-order valence-electron chi connectivity index (χ3n) is 2.54. The van der Waals surface area contributed by atoms with Crippen LogP contribution in [0.1, 0.15) is 22.3 Å². The Morgan fingerprint density at radius 1 is 1.24 bits per heavy atom. The van der Waals surface area contributed by atoms with Gasteiger partial charge in [-0.3, -0.25) is 4.79 Å². The highest BCUT2D eigenvalue weighted by Crippen LogP contribution is 2.23. The zero-order chi connectivity index (χ0) is 12.3. The fourth-order valence-corrected chi connectivity index (χ4v) is 3.08. The monoisotopic (exact) mass is 309 g/mol. The number of thiophene rings is 1. The van der Waals surface area contributed by atoms with Crippen LogP contribution in [-0.4, -0.2) is 5.78 Å². The van der Waals surface area contributed by atoms with E-state index >= 15 is 0 Å². The summed E-state index contributed by atoms with van der Waals surface area (Å²) in [7, 11) is 0. The summed E-state index contributed by atoms with van der Waals surface area (Å²) in [6, 6.07) is 7.65. The normalized spacial score (nSPS) is 10.4. The number of carbonyl (C=O) groups is 1. The molecule has 88 valence electrons. The molecule has 0 aliphatic carbocycles. The van der Waals surface area contributed by atoms with Crippen molar-refractivity contribution in [3.05, 3.63) is 50.6 Å². The summed E-state index contributed by atoms with van der Waals surface area (Å²) in [5, 5.41) is 3.81. The first kappa shape index (κ1) is 12.3. The second-order valence-electron chi connectivity index (χ2n) is 3.80. The number of hydrogen-bond donors (Lipinski definition) is 1. The average molecular weight is 310 g/mol. The summed E-state index contributed by atoms with van der Waals surface area (Å²) >= 11 is 4.91. The molecule has 0 saturated heterocycles. The van der Waals surface area contributed by atoms with E-state index in [0.29, 0.717) is 6.42 Å². The van der Waals surface area contributed by atoms with E-state index in [0.717, 1.165) is 27.7 Å². The first-order valence-electron chi connectivity index (χ1n) is 5.26. The third-order valence-corrected chi connectivity index (χ3v) is 4.24. The number of benzene rings is 1. The van der Waals surface area contributed by atoms with Crippen molar-refractivity contribution in [1.29, 1.82) is 0 Å². The number of rotatable bonds is 4. The summed E-state index contributed by atoms with van der Waals surface area (Å²) in [5.74, 6) is 0.176. The second kappa shape index (κ2) is 5.47. The van der Waals surface area contributed by atoms with Gasteiger partial charge in [0.1, 0.15) is 0 Å². The van der Waals surface area contributed by atoms with Crippen molar-refractivity contribution in [2.24, 2.45) is 0 Å². The lowest BCUT2D eigenvalue weighted by atomic mass is 10.0. The summed E-state index contributed by atoms with van der Waals surface area (Å²) in [4.78, 5) is 11.9. The number of hydrogen-bond acceptors (Lipinski definition) is 3. The van der Waals surface area contributed by atoms with E-state index in [-0.39, 0.29) is 5.78 Å². The Morgan fingerprint density at radius 2 is 1.94 bits per heavy atom. The molecule has 2 rings (SSSR count). The topological polar surface area (TPSA) is 43.1 Å². The van der Waals surface area contributed by atoms with Crippen LogP contribution in [0.3, 0.4) is 0 Å². The standard InChI is InChI=1S/C13H12BrNOS/c14-12-8-17-7-11(12)13(16)6-3-9-1-4-10(15)5-2-9/h1-2,4-5,7-8H,3,6,15H2. The minimum absolute atomic E-state index is 0.176. The fourth-order valence-electron chi connectivity index (χ4n) is 1.56. The van der Waals surface area contributed by atoms with Crippen molar-refractivity contribution < 1.29 is 4.79 Å². The highest BCUT2D eigenvalue weighted by Gasteiger charge is 2.10. The van der Waals surface area contributed by atoms with Gasteiger partial charge in [0.2, 0.25) is 0 Å². The Bertz CT molecular complexity index is 518. The quantitative estimate of drug-likeness (QED) is 0.687. The fraction of sp³-hybridized carbons (Fsp3) is 0.154. The van der Waals surface area contributed by atoms with Crippen molar-refractivity contribution in [2.75, 3.05) is 5.73 Å².